The molecule has 4 N–H and O–H groups in total. The average Bonchev–Trinajstić information content (AvgIpc) is 2.43. The molecule has 0 radical (unpaired) electrons. The second-order valence-electron chi connectivity index (χ2n) is 4.49. The summed E-state index contributed by atoms with van der Waals surface area (Å²) in [6.07, 6.45) is -1.47. The Hall–Kier alpha value is -2.68. The molecule has 0 bridgehead atoms. The summed E-state index contributed by atoms with van der Waals surface area (Å²) in [5.41, 5.74) is 4.79. The van der Waals surface area contributed by atoms with E-state index in [0.717, 1.165) is 6.07 Å². The topological polar surface area (TPSA) is 139 Å². The van der Waals surface area contributed by atoms with Gasteiger partial charge in [0.05, 0.1) is 11.5 Å². The van der Waals surface area contributed by atoms with Crippen molar-refractivity contribution in [3.8, 4) is 0 Å². The lowest BCUT2D eigenvalue weighted by atomic mass is 10.1. The molecule has 0 aliphatic carbocycles. The number of hydrogen-bond acceptors (Lipinski definition) is 6. The van der Waals surface area contributed by atoms with Crippen LogP contribution in [0.3, 0.4) is 0 Å². The molecule has 0 saturated carbocycles. The maximum Gasteiger partial charge on any atom is 0.293 e. The summed E-state index contributed by atoms with van der Waals surface area (Å²) in [6.45, 7) is -0.267. The summed E-state index contributed by atoms with van der Waals surface area (Å²) < 4.78 is 0. The lowest BCUT2D eigenvalue weighted by molar-refractivity contribution is -0.384. The lowest BCUT2D eigenvalue weighted by Gasteiger charge is -2.13. The lowest BCUT2D eigenvalue weighted by Crippen LogP contribution is -2.34. The van der Waals surface area contributed by atoms with Crippen molar-refractivity contribution in [2.24, 2.45) is 5.73 Å². The number of amides is 2. The van der Waals surface area contributed by atoms with Gasteiger partial charge in [-0.05, 0) is 12.1 Å². The Labute approximate surface area is 120 Å². The molecule has 0 aromatic heterocycles. The van der Waals surface area contributed by atoms with Gasteiger partial charge in [0.1, 0.15) is 11.8 Å². The van der Waals surface area contributed by atoms with Crippen LogP contribution in [0.25, 0.3) is 0 Å². The van der Waals surface area contributed by atoms with Crippen LogP contribution in [0, 0.1) is 10.1 Å². The van der Waals surface area contributed by atoms with Gasteiger partial charge in [-0.15, -0.1) is 0 Å². The normalized spacial score (nSPS) is 11.6. The maximum absolute atomic E-state index is 11.8. The fraction of sp³-hybridized carbons (Fsp3) is 0.333. The molecule has 1 aromatic rings. The highest BCUT2D eigenvalue weighted by molar-refractivity contribution is 5.95. The Kier molecular flexibility index (Phi) is 5.19. The van der Waals surface area contributed by atoms with Crippen molar-refractivity contribution in [3.63, 3.8) is 0 Å². The maximum atomic E-state index is 11.8. The fourth-order valence-electron chi connectivity index (χ4n) is 1.53. The van der Waals surface area contributed by atoms with Crippen molar-refractivity contribution in [3.05, 3.63) is 33.9 Å². The number of nitro groups is 1. The summed E-state index contributed by atoms with van der Waals surface area (Å²) in [4.78, 5) is 34.1. The molecular weight excluding hydrogens is 280 g/mol. The largest absolute Gasteiger partial charge is 0.381 e. The second-order valence-corrected chi connectivity index (χ2v) is 4.49. The Morgan fingerprint density at radius 2 is 2.10 bits per heavy atom. The number of benzene rings is 1. The number of aliphatic hydroxyl groups is 1. The summed E-state index contributed by atoms with van der Waals surface area (Å²) in [7, 11) is 3.06. The van der Waals surface area contributed by atoms with Crippen LogP contribution < -0.4 is 11.1 Å². The monoisotopic (exact) mass is 296 g/mol. The van der Waals surface area contributed by atoms with Crippen molar-refractivity contribution in [1.29, 1.82) is 0 Å². The Balaban J connectivity index is 3.03. The third-order valence-corrected chi connectivity index (χ3v) is 2.66. The number of primary amides is 1. The van der Waals surface area contributed by atoms with Crippen LogP contribution in [0.15, 0.2) is 18.2 Å². The third-order valence-electron chi connectivity index (χ3n) is 2.66. The number of rotatable bonds is 6. The minimum absolute atomic E-state index is 0.0793. The SMILES string of the molecule is CN(C)C(=O)c1ccc(NCC(O)C(N)=O)c([N+](=O)[O-])c1. The Morgan fingerprint density at radius 1 is 1.48 bits per heavy atom. The molecule has 0 aliphatic rings. The van der Waals surface area contributed by atoms with Gasteiger partial charge < -0.3 is 21.1 Å². The zero-order valence-corrected chi connectivity index (χ0v) is 11.6. The summed E-state index contributed by atoms with van der Waals surface area (Å²) in [5.74, 6) is -1.31. The highest BCUT2D eigenvalue weighted by atomic mass is 16.6. The first-order valence-electron chi connectivity index (χ1n) is 5.95. The van der Waals surface area contributed by atoms with E-state index < -0.39 is 16.9 Å². The van der Waals surface area contributed by atoms with E-state index in [1.807, 2.05) is 0 Å². The van der Waals surface area contributed by atoms with E-state index in [1.54, 1.807) is 0 Å². The minimum Gasteiger partial charge on any atom is -0.381 e. The number of carbonyl (C=O) groups is 2. The molecule has 0 saturated heterocycles. The number of nitrogens with zero attached hydrogens (tertiary/aromatic N) is 2. The smallest absolute Gasteiger partial charge is 0.293 e. The first kappa shape index (κ1) is 16.4. The minimum atomic E-state index is -1.47. The Morgan fingerprint density at radius 3 is 2.57 bits per heavy atom. The van der Waals surface area contributed by atoms with Crippen LogP contribution in [0.5, 0.6) is 0 Å². The molecule has 0 spiro atoms. The van der Waals surface area contributed by atoms with E-state index in [1.165, 1.54) is 31.1 Å². The molecule has 114 valence electrons. The van der Waals surface area contributed by atoms with Gasteiger partial charge in [-0.3, -0.25) is 19.7 Å². The van der Waals surface area contributed by atoms with Gasteiger partial charge in [0.2, 0.25) is 5.91 Å². The van der Waals surface area contributed by atoms with Gasteiger partial charge in [-0.2, -0.15) is 0 Å². The average molecular weight is 296 g/mol. The molecule has 0 heterocycles. The molecule has 2 amide bonds. The molecule has 0 aliphatic heterocycles. The van der Waals surface area contributed by atoms with Crippen LogP contribution >= 0.6 is 0 Å². The Bertz CT molecular complexity index is 573. The molecule has 0 fully saturated rings. The van der Waals surface area contributed by atoms with Crippen molar-refractivity contribution in [1.82, 2.24) is 4.90 Å². The molecule has 1 rings (SSSR count). The number of nitro benzene ring substituents is 1. The number of anilines is 1. The van der Waals surface area contributed by atoms with Crippen molar-refractivity contribution in [2.75, 3.05) is 26.0 Å². The second kappa shape index (κ2) is 6.66. The van der Waals surface area contributed by atoms with E-state index in [-0.39, 0.29) is 29.4 Å². The number of nitrogens with two attached hydrogens (primary N) is 1. The van der Waals surface area contributed by atoms with Gasteiger partial charge >= 0.3 is 0 Å². The zero-order valence-electron chi connectivity index (χ0n) is 11.6. The predicted molar refractivity (Wildman–Crippen MR) is 74.8 cm³/mol. The zero-order chi connectivity index (χ0) is 16.2. The highest BCUT2D eigenvalue weighted by Crippen LogP contribution is 2.26. The summed E-state index contributed by atoms with van der Waals surface area (Å²) in [5, 5.41) is 22.9. The van der Waals surface area contributed by atoms with Gasteiger partial charge in [0, 0.05) is 25.7 Å². The van der Waals surface area contributed by atoms with Gasteiger partial charge in [-0.1, -0.05) is 0 Å². The molecule has 1 unspecified atom stereocenters. The first-order valence-corrected chi connectivity index (χ1v) is 5.95. The number of hydrogen-bond donors (Lipinski definition) is 3. The van der Waals surface area contributed by atoms with Crippen LogP contribution in [-0.4, -0.2) is 53.5 Å². The number of nitrogens with one attached hydrogen (secondary N) is 1. The van der Waals surface area contributed by atoms with Gasteiger partial charge in [-0.25, -0.2) is 0 Å². The molecular formula is C12H16N4O5. The molecule has 9 nitrogen and oxygen atoms in total. The molecule has 9 heteroatoms. The molecule has 21 heavy (non-hydrogen) atoms. The van der Waals surface area contributed by atoms with Crippen LogP contribution in [0.2, 0.25) is 0 Å². The summed E-state index contributed by atoms with van der Waals surface area (Å²) >= 11 is 0. The van der Waals surface area contributed by atoms with E-state index >= 15 is 0 Å². The highest BCUT2D eigenvalue weighted by Gasteiger charge is 2.19. The summed E-state index contributed by atoms with van der Waals surface area (Å²) in [6, 6.07) is 3.87. The van der Waals surface area contributed by atoms with Crippen molar-refractivity contribution >= 4 is 23.2 Å². The van der Waals surface area contributed by atoms with E-state index in [9.17, 15) is 24.8 Å². The van der Waals surface area contributed by atoms with Crippen LogP contribution in [0.1, 0.15) is 10.4 Å². The van der Waals surface area contributed by atoms with Gasteiger partial charge in [0.25, 0.3) is 11.6 Å². The van der Waals surface area contributed by atoms with Crippen molar-refractivity contribution in [2.45, 2.75) is 6.10 Å². The third kappa shape index (κ3) is 4.14. The first-order chi connectivity index (χ1) is 9.73. The predicted octanol–water partition coefficient (Wildman–Crippen LogP) is -0.445. The van der Waals surface area contributed by atoms with E-state index in [2.05, 4.69) is 5.32 Å². The van der Waals surface area contributed by atoms with Crippen LogP contribution in [0.4, 0.5) is 11.4 Å². The van der Waals surface area contributed by atoms with Crippen molar-refractivity contribution < 1.29 is 19.6 Å². The van der Waals surface area contributed by atoms with Crippen LogP contribution in [-0.2, 0) is 4.79 Å². The van der Waals surface area contributed by atoms with E-state index in [4.69, 9.17) is 5.73 Å². The van der Waals surface area contributed by atoms with E-state index in [0.29, 0.717) is 0 Å². The fourth-order valence-corrected chi connectivity index (χ4v) is 1.53. The molecule has 1 atom stereocenters. The molecule has 1 aromatic carbocycles. The quantitative estimate of drug-likeness (QED) is 0.480. The standard InChI is InChI=1S/C12H16N4O5/c1-15(2)12(19)7-3-4-8(9(5-7)16(20)21)14-6-10(17)11(13)18/h3-5,10,14,17H,6H2,1-2H3,(H2,13,18). The van der Waals surface area contributed by atoms with Gasteiger partial charge in [0.15, 0.2) is 0 Å². The number of aliphatic hydroxyl groups excluding tert-OH is 1. The number of carbonyl (C=O) groups excluding carboxylic acids is 2.